The van der Waals surface area contributed by atoms with E-state index >= 15 is 0 Å². The van der Waals surface area contributed by atoms with Gasteiger partial charge in [-0.05, 0) is 18.2 Å². The van der Waals surface area contributed by atoms with Crippen molar-refractivity contribution < 1.29 is 0 Å². The van der Waals surface area contributed by atoms with Gasteiger partial charge in [0.25, 0.3) is 0 Å². The van der Waals surface area contributed by atoms with Crippen molar-refractivity contribution in [2.45, 2.75) is 9.92 Å². The minimum absolute atomic E-state index is 0.0395. The Kier molecular flexibility index (Phi) is 3.75. The van der Waals surface area contributed by atoms with E-state index in [4.69, 9.17) is 11.1 Å². The molecule has 17 heavy (non-hydrogen) atoms. The molecule has 0 radical (unpaired) electrons. The van der Waals surface area contributed by atoms with Crippen LogP contribution in [0.5, 0.6) is 0 Å². The molecule has 0 saturated heterocycles. The van der Waals surface area contributed by atoms with Gasteiger partial charge in [0, 0.05) is 27.3 Å². The highest BCUT2D eigenvalue weighted by molar-refractivity contribution is 9.10. The lowest BCUT2D eigenvalue weighted by Gasteiger charge is -2.07. The minimum atomic E-state index is 0.0395. The molecule has 2 rings (SSSR count). The maximum absolute atomic E-state index is 7.55. The number of hydrogen-bond donors (Lipinski definition) is 2. The molecular formula is C11H9BrN4S. The molecule has 86 valence electrons. The second-order valence-electron chi connectivity index (χ2n) is 3.20. The summed E-state index contributed by atoms with van der Waals surface area (Å²) in [5.74, 6) is 0.0395. The maximum Gasteiger partial charge on any atom is 0.123 e. The van der Waals surface area contributed by atoms with Crippen LogP contribution < -0.4 is 5.73 Å². The molecule has 0 aliphatic carbocycles. The zero-order chi connectivity index (χ0) is 12.3. The van der Waals surface area contributed by atoms with Gasteiger partial charge in [-0.2, -0.15) is 0 Å². The van der Waals surface area contributed by atoms with Crippen molar-refractivity contribution in [3.8, 4) is 0 Å². The van der Waals surface area contributed by atoms with Gasteiger partial charge >= 0.3 is 0 Å². The van der Waals surface area contributed by atoms with E-state index in [-0.39, 0.29) is 5.84 Å². The maximum atomic E-state index is 7.55. The second kappa shape index (κ2) is 5.29. The quantitative estimate of drug-likeness (QED) is 0.675. The van der Waals surface area contributed by atoms with Crippen molar-refractivity contribution >= 4 is 33.5 Å². The Labute approximate surface area is 111 Å². The molecule has 0 bridgehead atoms. The van der Waals surface area contributed by atoms with Crippen LogP contribution in [-0.4, -0.2) is 15.8 Å². The third-order valence-electron chi connectivity index (χ3n) is 1.99. The number of halogens is 1. The fourth-order valence-electron chi connectivity index (χ4n) is 1.25. The van der Waals surface area contributed by atoms with Gasteiger partial charge < -0.3 is 5.73 Å². The van der Waals surface area contributed by atoms with E-state index in [9.17, 15) is 0 Å². The Morgan fingerprint density at radius 3 is 2.82 bits per heavy atom. The molecule has 0 spiro atoms. The SMILES string of the molecule is N=C(N)c1cc(Br)ccc1Sc1cnccn1. The number of nitrogen functional groups attached to an aromatic ring is 1. The molecule has 0 fully saturated rings. The molecule has 0 aliphatic rings. The molecule has 0 atom stereocenters. The number of rotatable bonds is 3. The van der Waals surface area contributed by atoms with Gasteiger partial charge in [0.15, 0.2) is 0 Å². The zero-order valence-electron chi connectivity index (χ0n) is 8.72. The minimum Gasteiger partial charge on any atom is -0.384 e. The summed E-state index contributed by atoms with van der Waals surface area (Å²) in [5, 5.41) is 8.32. The molecule has 0 amide bonds. The number of amidine groups is 1. The van der Waals surface area contributed by atoms with Crippen LogP contribution in [-0.2, 0) is 0 Å². The summed E-state index contributed by atoms with van der Waals surface area (Å²) in [7, 11) is 0. The lowest BCUT2D eigenvalue weighted by atomic mass is 10.2. The van der Waals surface area contributed by atoms with E-state index in [1.807, 2.05) is 18.2 Å². The highest BCUT2D eigenvalue weighted by atomic mass is 79.9. The summed E-state index contributed by atoms with van der Waals surface area (Å²) in [6.07, 6.45) is 4.93. The van der Waals surface area contributed by atoms with Crippen LogP contribution in [0.3, 0.4) is 0 Å². The van der Waals surface area contributed by atoms with Gasteiger partial charge in [-0.15, -0.1) is 0 Å². The number of nitrogens with one attached hydrogen (secondary N) is 1. The average molecular weight is 309 g/mol. The predicted octanol–water partition coefficient (Wildman–Crippen LogP) is 2.67. The zero-order valence-corrected chi connectivity index (χ0v) is 11.1. The van der Waals surface area contributed by atoms with E-state index in [2.05, 4.69) is 25.9 Å². The first-order chi connectivity index (χ1) is 8.16. The Morgan fingerprint density at radius 1 is 1.35 bits per heavy atom. The van der Waals surface area contributed by atoms with Gasteiger partial charge in [0.1, 0.15) is 10.9 Å². The highest BCUT2D eigenvalue weighted by Crippen LogP contribution is 2.30. The average Bonchev–Trinajstić information content (AvgIpc) is 2.32. The van der Waals surface area contributed by atoms with Crippen LogP contribution in [0.1, 0.15) is 5.56 Å². The molecule has 1 aromatic heterocycles. The Hall–Kier alpha value is -1.40. The fourth-order valence-corrected chi connectivity index (χ4v) is 2.48. The molecule has 2 aromatic rings. The first-order valence-electron chi connectivity index (χ1n) is 4.74. The van der Waals surface area contributed by atoms with E-state index in [0.29, 0.717) is 5.56 Å². The van der Waals surface area contributed by atoms with Crippen LogP contribution in [0.15, 0.2) is 51.2 Å². The van der Waals surface area contributed by atoms with Gasteiger partial charge in [-0.25, -0.2) is 4.98 Å². The van der Waals surface area contributed by atoms with Crippen molar-refractivity contribution in [3.63, 3.8) is 0 Å². The smallest absolute Gasteiger partial charge is 0.123 e. The van der Waals surface area contributed by atoms with Gasteiger partial charge in [-0.1, -0.05) is 27.7 Å². The van der Waals surface area contributed by atoms with Gasteiger partial charge in [-0.3, -0.25) is 10.4 Å². The molecule has 1 heterocycles. The molecule has 3 N–H and O–H groups in total. The lowest BCUT2D eigenvalue weighted by molar-refractivity contribution is 1.05. The lowest BCUT2D eigenvalue weighted by Crippen LogP contribution is -2.12. The number of nitrogens with two attached hydrogens (primary N) is 1. The van der Waals surface area contributed by atoms with Crippen LogP contribution in [0, 0.1) is 5.41 Å². The number of aromatic nitrogens is 2. The fraction of sp³-hybridized carbons (Fsp3) is 0. The summed E-state index contributed by atoms with van der Waals surface area (Å²) >= 11 is 4.80. The molecule has 0 aliphatic heterocycles. The Balaban J connectivity index is 2.36. The van der Waals surface area contributed by atoms with Crippen molar-refractivity contribution in [2.24, 2.45) is 5.73 Å². The highest BCUT2D eigenvalue weighted by Gasteiger charge is 2.08. The van der Waals surface area contributed by atoms with Gasteiger partial charge in [0.05, 0.1) is 6.20 Å². The Morgan fingerprint density at radius 2 is 2.18 bits per heavy atom. The monoisotopic (exact) mass is 308 g/mol. The summed E-state index contributed by atoms with van der Waals surface area (Å²) in [6, 6.07) is 5.63. The second-order valence-corrected chi connectivity index (χ2v) is 5.18. The van der Waals surface area contributed by atoms with Crippen LogP contribution in [0.4, 0.5) is 0 Å². The third kappa shape index (κ3) is 3.04. The number of nitrogens with zero attached hydrogens (tertiary/aromatic N) is 2. The molecule has 0 unspecified atom stereocenters. The van der Waals surface area contributed by atoms with E-state index in [0.717, 1.165) is 14.4 Å². The van der Waals surface area contributed by atoms with Crippen LogP contribution in [0.25, 0.3) is 0 Å². The van der Waals surface area contributed by atoms with Gasteiger partial charge in [0.2, 0.25) is 0 Å². The van der Waals surface area contributed by atoms with Crippen LogP contribution >= 0.6 is 27.7 Å². The standard InChI is InChI=1S/C11H9BrN4S/c12-7-1-2-9(8(5-7)11(13)14)17-10-6-15-3-4-16-10/h1-6H,(H3,13,14). The van der Waals surface area contributed by atoms with Crippen molar-refractivity contribution in [2.75, 3.05) is 0 Å². The summed E-state index contributed by atoms with van der Waals surface area (Å²) < 4.78 is 0.895. The van der Waals surface area contributed by atoms with Crippen molar-refractivity contribution in [1.82, 2.24) is 9.97 Å². The molecule has 0 saturated carbocycles. The third-order valence-corrected chi connectivity index (χ3v) is 3.47. The normalized spacial score (nSPS) is 10.2. The van der Waals surface area contributed by atoms with Crippen molar-refractivity contribution in [1.29, 1.82) is 5.41 Å². The van der Waals surface area contributed by atoms with E-state index in [1.165, 1.54) is 11.8 Å². The molecule has 4 nitrogen and oxygen atoms in total. The topological polar surface area (TPSA) is 75.7 Å². The number of benzene rings is 1. The first kappa shape index (κ1) is 12.1. The van der Waals surface area contributed by atoms with Crippen molar-refractivity contribution in [3.05, 3.63) is 46.8 Å². The summed E-state index contributed by atoms with van der Waals surface area (Å²) in [6.45, 7) is 0. The first-order valence-corrected chi connectivity index (χ1v) is 6.35. The molecule has 6 heteroatoms. The Bertz CT molecular complexity index is 544. The largest absolute Gasteiger partial charge is 0.384 e. The predicted molar refractivity (Wildman–Crippen MR) is 71.3 cm³/mol. The molecular weight excluding hydrogens is 300 g/mol. The number of hydrogen-bond acceptors (Lipinski definition) is 4. The molecule has 1 aromatic carbocycles. The van der Waals surface area contributed by atoms with E-state index < -0.39 is 0 Å². The van der Waals surface area contributed by atoms with E-state index in [1.54, 1.807) is 18.6 Å². The summed E-state index contributed by atoms with van der Waals surface area (Å²) in [5.41, 5.74) is 6.24. The summed E-state index contributed by atoms with van der Waals surface area (Å²) in [4.78, 5) is 9.06. The van der Waals surface area contributed by atoms with Crippen LogP contribution in [0.2, 0.25) is 0 Å².